The molecule has 1 N–H and O–H groups in total. The third-order valence-corrected chi connectivity index (χ3v) is 2.68. The Hall–Kier alpha value is -2.90. The molecule has 0 saturated carbocycles. The lowest BCUT2D eigenvalue weighted by Gasteiger charge is -2.06. The molecule has 0 spiro atoms. The quantitative estimate of drug-likeness (QED) is 0.691. The van der Waals surface area contributed by atoms with Crippen LogP contribution < -0.4 is 5.32 Å². The predicted molar refractivity (Wildman–Crippen MR) is 68.4 cm³/mol. The average molecular weight is 293 g/mol. The maximum atomic E-state index is 13.2. The molecule has 0 saturated heterocycles. The van der Waals surface area contributed by atoms with E-state index in [9.17, 15) is 23.7 Å². The van der Waals surface area contributed by atoms with Crippen LogP contribution in [-0.4, -0.2) is 15.8 Å². The molecule has 0 aliphatic heterocycles. The monoisotopic (exact) mass is 293 g/mol. The van der Waals surface area contributed by atoms with Gasteiger partial charge in [-0.05, 0) is 23.8 Å². The maximum Gasteiger partial charge on any atom is 0.285 e. The molecule has 0 aliphatic carbocycles. The largest absolute Gasteiger partial charge is 0.348 e. The minimum Gasteiger partial charge on any atom is -0.348 e. The van der Waals surface area contributed by atoms with E-state index in [1.165, 1.54) is 12.4 Å². The Labute approximate surface area is 117 Å². The van der Waals surface area contributed by atoms with E-state index in [2.05, 4.69) is 10.3 Å². The van der Waals surface area contributed by atoms with E-state index in [0.29, 0.717) is 17.7 Å². The molecule has 2 rings (SSSR count). The Morgan fingerprint density at radius 1 is 1.24 bits per heavy atom. The molecule has 0 radical (unpaired) electrons. The molecule has 6 nitrogen and oxygen atoms in total. The van der Waals surface area contributed by atoms with E-state index in [4.69, 9.17) is 0 Å². The molecule has 1 aromatic carbocycles. The van der Waals surface area contributed by atoms with Crippen LogP contribution in [0.25, 0.3) is 0 Å². The van der Waals surface area contributed by atoms with Gasteiger partial charge in [0.2, 0.25) is 0 Å². The summed E-state index contributed by atoms with van der Waals surface area (Å²) in [4.78, 5) is 25.5. The van der Waals surface area contributed by atoms with E-state index in [0.717, 1.165) is 0 Å². The molecular weight excluding hydrogens is 284 g/mol. The number of nitrogens with one attached hydrogen (secondary N) is 1. The van der Waals surface area contributed by atoms with Crippen LogP contribution in [0.1, 0.15) is 15.9 Å². The molecule has 0 fully saturated rings. The molecule has 1 amide bonds. The number of benzene rings is 1. The maximum absolute atomic E-state index is 13.2. The molecule has 0 bridgehead atoms. The zero-order chi connectivity index (χ0) is 15.4. The summed E-state index contributed by atoms with van der Waals surface area (Å²) in [7, 11) is 0. The second-order valence-electron chi connectivity index (χ2n) is 4.08. The molecule has 1 aromatic heterocycles. The molecule has 0 atom stereocenters. The van der Waals surface area contributed by atoms with E-state index >= 15 is 0 Å². The fourth-order valence-corrected chi connectivity index (χ4v) is 1.65. The Bertz CT molecular complexity index is 693. The summed E-state index contributed by atoms with van der Waals surface area (Å²) in [6.07, 6.45) is 3.03. The molecule has 0 aliphatic rings. The van der Waals surface area contributed by atoms with Gasteiger partial charge in [-0.15, -0.1) is 0 Å². The summed E-state index contributed by atoms with van der Waals surface area (Å²) in [5.74, 6) is -3.57. The van der Waals surface area contributed by atoms with Crippen molar-refractivity contribution < 1.29 is 18.5 Å². The van der Waals surface area contributed by atoms with Crippen molar-refractivity contribution in [2.75, 3.05) is 0 Å². The van der Waals surface area contributed by atoms with Crippen LogP contribution in [0.4, 0.5) is 14.5 Å². The highest BCUT2D eigenvalue weighted by Gasteiger charge is 2.23. The number of pyridine rings is 1. The molecule has 0 unspecified atom stereocenters. The highest BCUT2D eigenvalue weighted by atomic mass is 19.2. The second-order valence-corrected chi connectivity index (χ2v) is 4.08. The lowest BCUT2D eigenvalue weighted by molar-refractivity contribution is -0.385. The Balaban J connectivity index is 2.22. The number of hydrogen-bond donors (Lipinski definition) is 1. The first-order valence-corrected chi connectivity index (χ1v) is 5.79. The highest BCUT2D eigenvalue weighted by Crippen LogP contribution is 2.22. The smallest absolute Gasteiger partial charge is 0.285 e. The molecule has 2 aromatic rings. The average Bonchev–Trinajstić information content (AvgIpc) is 2.48. The summed E-state index contributed by atoms with van der Waals surface area (Å²) in [5, 5.41) is 13.2. The van der Waals surface area contributed by atoms with Crippen LogP contribution in [0.5, 0.6) is 0 Å². The third kappa shape index (κ3) is 3.35. The van der Waals surface area contributed by atoms with Gasteiger partial charge in [0.25, 0.3) is 11.6 Å². The number of nitro benzene ring substituents is 1. The zero-order valence-electron chi connectivity index (χ0n) is 10.5. The van der Waals surface area contributed by atoms with Gasteiger partial charge in [-0.3, -0.25) is 19.9 Å². The van der Waals surface area contributed by atoms with Gasteiger partial charge in [-0.1, -0.05) is 0 Å². The summed E-state index contributed by atoms with van der Waals surface area (Å²) < 4.78 is 26.2. The highest BCUT2D eigenvalue weighted by molar-refractivity contribution is 5.98. The molecule has 108 valence electrons. The minimum atomic E-state index is -1.38. The van der Waals surface area contributed by atoms with Gasteiger partial charge in [0.15, 0.2) is 11.6 Å². The number of halogens is 2. The summed E-state index contributed by atoms with van der Waals surface area (Å²) in [5.41, 5.74) is -0.613. The number of nitro groups is 1. The number of nitrogens with zero attached hydrogens (tertiary/aromatic N) is 2. The van der Waals surface area contributed by atoms with Crippen molar-refractivity contribution >= 4 is 11.6 Å². The summed E-state index contributed by atoms with van der Waals surface area (Å²) in [6, 6.07) is 4.17. The third-order valence-electron chi connectivity index (χ3n) is 2.68. The fraction of sp³-hybridized carbons (Fsp3) is 0.0769. The Morgan fingerprint density at radius 3 is 2.48 bits per heavy atom. The summed E-state index contributed by atoms with van der Waals surface area (Å²) >= 11 is 0. The predicted octanol–water partition coefficient (Wildman–Crippen LogP) is 2.20. The second kappa shape index (κ2) is 6.04. The van der Waals surface area contributed by atoms with Gasteiger partial charge in [-0.2, -0.15) is 0 Å². The minimum absolute atomic E-state index is 0.0809. The van der Waals surface area contributed by atoms with Crippen molar-refractivity contribution in [1.29, 1.82) is 0 Å². The normalized spacial score (nSPS) is 10.2. The number of carbonyl (C=O) groups excluding carboxylic acids is 1. The Morgan fingerprint density at radius 2 is 1.86 bits per heavy atom. The summed E-state index contributed by atoms with van der Waals surface area (Å²) in [6.45, 7) is 0.0809. The van der Waals surface area contributed by atoms with Crippen LogP contribution >= 0.6 is 0 Å². The number of carbonyl (C=O) groups is 1. The van der Waals surface area contributed by atoms with Crippen molar-refractivity contribution in [3.8, 4) is 0 Å². The van der Waals surface area contributed by atoms with Crippen LogP contribution in [0.15, 0.2) is 36.7 Å². The fourth-order valence-electron chi connectivity index (χ4n) is 1.65. The zero-order valence-corrected chi connectivity index (χ0v) is 10.5. The number of rotatable bonds is 4. The van der Waals surface area contributed by atoms with Crippen molar-refractivity contribution in [2.24, 2.45) is 0 Å². The van der Waals surface area contributed by atoms with E-state index in [1.807, 2.05) is 0 Å². The first-order valence-electron chi connectivity index (χ1n) is 5.79. The first-order chi connectivity index (χ1) is 9.99. The van der Waals surface area contributed by atoms with Gasteiger partial charge < -0.3 is 5.32 Å². The van der Waals surface area contributed by atoms with Crippen LogP contribution in [-0.2, 0) is 6.54 Å². The van der Waals surface area contributed by atoms with Gasteiger partial charge in [0.05, 0.1) is 11.0 Å². The van der Waals surface area contributed by atoms with Crippen molar-refractivity contribution in [1.82, 2.24) is 10.3 Å². The van der Waals surface area contributed by atoms with E-state index in [-0.39, 0.29) is 6.54 Å². The van der Waals surface area contributed by atoms with E-state index < -0.39 is 33.7 Å². The molecule has 21 heavy (non-hydrogen) atoms. The lowest BCUT2D eigenvalue weighted by atomic mass is 10.1. The molecular formula is C13H9F2N3O3. The van der Waals surface area contributed by atoms with Gasteiger partial charge in [-0.25, -0.2) is 8.78 Å². The standard InChI is InChI=1S/C13H9F2N3O3/c14-10-5-9(12(18(20)21)6-11(10)15)13(19)17-7-8-1-3-16-4-2-8/h1-6H,7H2,(H,17,19). The van der Waals surface area contributed by atoms with Gasteiger partial charge >= 0.3 is 0 Å². The van der Waals surface area contributed by atoms with Crippen LogP contribution in [0.2, 0.25) is 0 Å². The number of aromatic nitrogens is 1. The molecule has 1 heterocycles. The topological polar surface area (TPSA) is 85.1 Å². The van der Waals surface area contributed by atoms with Gasteiger partial charge in [0, 0.05) is 18.9 Å². The van der Waals surface area contributed by atoms with Crippen LogP contribution in [0, 0.1) is 21.7 Å². The first kappa shape index (κ1) is 14.5. The Kier molecular flexibility index (Phi) is 4.17. The van der Waals surface area contributed by atoms with E-state index in [1.54, 1.807) is 12.1 Å². The number of hydrogen-bond acceptors (Lipinski definition) is 4. The van der Waals surface area contributed by atoms with Crippen LogP contribution in [0.3, 0.4) is 0 Å². The van der Waals surface area contributed by atoms with Crippen molar-refractivity contribution in [3.63, 3.8) is 0 Å². The number of amides is 1. The SMILES string of the molecule is O=C(NCc1ccncc1)c1cc(F)c(F)cc1[N+](=O)[O-]. The van der Waals surface area contributed by atoms with Crippen molar-refractivity contribution in [3.05, 3.63) is 69.5 Å². The lowest BCUT2D eigenvalue weighted by Crippen LogP contribution is -2.24. The van der Waals surface area contributed by atoms with Crippen molar-refractivity contribution in [2.45, 2.75) is 6.54 Å². The molecule has 8 heteroatoms. The van der Waals surface area contributed by atoms with Gasteiger partial charge in [0.1, 0.15) is 5.56 Å².